The number of Topliss-reactive ketones (excluding diaryl/α,β-unsaturated/α-hetero) is 1. The van der Waals surface area contributed by atoms with Crippen molar-refractivity contribution in [2.24, 2.45) is 17.3 Å². The lowest BCUT2D eigenvalue weighted by Crippen LogP contribution is -2.20. The molecular formula is C19H21NO3. The Morgan fingerprint density at radius 3 is 2.74 bits per heavy atom. The molecule has 2 aliphatic carbocycles. The van der Waals surface area contributed by atoms with E-state index in [0.717, 1.165) is 5.57 Å². The third kappa shape index (κ3) is 3.08. The number of allylic oxidation sites excluding steroid dienone is 3. The van der Waals surface area contributed by atoms with E-state index in [-0.39, 0.29) is 41.8 Å². The van der Waals surface area contributed by atoms with Gasteiger partial charge in [0.1, 0.15) is 6.10 Å². The van der Waals surface area contributed by atoms with E-state index in [2.05, 4.69) is 12.0 Å². The molecule has 0 bridgehead atoms. The van der Waals surface area contributed by atoms with Crippen molar-refractivity contribution < 1.29 is 14.3 Å². The van der Waals surface area contributed by atoms with Gasteiger partial charge in [-0.25, -0.2) is 0 Å². The molecule has 0 amide bonds. The monoisotopic (exact) mass is 311 g/mol. The molecule has 2 rings (SSSR count). The van der Waals surface area contributed by atoms with Crippen LogP contribution in [0.25, 0.3) is 0 Å². The molecule has 3 unspecified atom stereocenters. The number of esters is 1. The summed E-state index contributed by atoms with van der Waals surface area (Å²) < 4.78 is 5.58. The Morgan fingerprint density at radius 2 is 2.17 bits per heavy atom. The average molecular weight is 311 g/mol. The second-order valence-electron chi connectivity index (χ2n) is 6.88. The lowest BCUT2D eigenvalue weighted by Gasteiger charge is -2.13. The Morgan fingerprint density at radius 1 is 1.52 bits per heavy atom. The predicted molar refractivity (Wildman–Crippen MR) is 85.8 cm³/mol. The maximum atomic E-state index is 12.5. The normalized spacial score (nSPS) is 29.0. The molecule has 0 aromatic rings. The van der Waals surface area contributed by atoms with Crippen molar-refractivity contribution in [1.82, 2.24) is 0 Å². The fourth-order valence-corrected chi connectivity index (χ4v) is 3.29. The largest absolute Gasteiger partial charge is 0.457 e. The molecule has 120 valence electrons. The highest BCUT2D eigenvalue weighted by molar-refractivity contribution is 6.00. The van der Waals surface area contributed by atoms with Crippen molar-refractivity contribution in [1.29, 1.82) is 5.26 Å². The van der Waals surface area contributed by atoms with Gasteiger partial charge >= 0.3 is 5.97 Å². The minimum absolute atomic E-state index is 0.00113. The topological polar surface area (TPSA) is 67.2 Å². The quantitative estimate of drug-likeness (QED) is 0.455. The number of terminal acetylenes is 1. The third-order valence-electron chi connectivity index (χ3n) is 4.97. The third-order valence-corrected chi connectivity index (χ3v) is 4.97. The molecule has 0 aromatic heterocycles. The number of rotatable bonds is 4. The summed E-state index contributed by atoms with van der Waals surface area (Å²) >= 11 is 0. The van der Waals surface area contributed by atoms with Crippen LogP contribution in [0, 0.1) is 40.9 Å². The van der Waals surface area contributed by atoms with Gasteiger partial charge in [-0.15, -0.1) is 12.3 Å². The molecule has 4 heteroatoms. The minimum Gasteiger partial charge on any atom is -0.457 e. The van der Waals surface area contributed by atoms with Crippen molar-refractivity contribution >= 4 is 11.8 Å². The van der Waals surface area contributed by atoms with Gasteiger partial charge in [0.25, 0.3) is 0 Å². The molecular weight excluding hydrogens is 290 g/mol. The highest BCUT2D eigenvalue weighted by atomic mass is 16.5. The second kappa shape index (κ2) is 6.05. The maximum Gasteiger partial charge on any atom is 0.310 e. The number of ketones is 1. The molecule has 0 aromatic carbocycles. The molecule has 0 aliphatic heterocycles. The maximum absolute atomic E-state index is 12.5. The molecule has 0 radical (unpaired) electrons. The second-order valence-corrected chi connectivity index (χ2v) is 6.88. The first-order valence-corrected chi connectivity index (χ1v) is 7.69. The Balaban J connectivity index is 2.09. The number of carbonyl (C=O) groups is 2. The lowest BCUT2D eigenvalue weighted by molar-refractivity contribution is -0.150. The van der Waals surface area contributed by atoms with E-state index in [9.17, 15) is 9.59 Å². The number of ether oxygens (including phenoxy) is 1. The van der Waals surface area contributed by atoms with Gasteiger partial charge in [0.2, 0.25) is 0 Å². The van der Waals surface area contributed by atoms with Crippen LogP contribution in [0.2, 0.25) is 0 Å². The summed E-state index contributed by atoms with van der Waals surface area (Å²) in [4.78, 5) is 24.4. The number of carbonyl (C=O) groups excluding carboxylic acids is 2. The fraction of sp³-hybridized carbons (Fsp3) is 0.526. The van der Waals surface area contributed by atoms with Crippen molar-refractivity contribution in [3.8, 4) is 18.4 Å². The van der Waals surface area contributed by atoms with Crippen LogP contribution in [0.5, 0.6) is 0 Å². The zero-order valence-electron chi connectivity index (χ0n) is 14.0. The highest BCUT2D eigenvalue weighted by Crippen LogP contribution is 2.60. The van der Waals surface area contributed by atoms with E-state index in [0.29, 0.717) is 11.1 Å². The predicted octanol–water partition coefficient (Wildman–Crippen LogP) is 2.95. The van der Waals surface area contributed by atoms with Gasteiger partial charge in [0, 0.05) is 17.6 Å². The Labute approximate surface area is 137 Å². The van der Waals surface area contributed by atoms with Gasteiger partial charge < -0.3 is 4.74 Å². The molecule has 0 heterocycles. The van der Waals surface area contributed by atoms with Crippen molar-refractivity contribution in [3.05, 3.63) is 22.8 Å². The first-order chi connectivity index (χ1) is 10.7. The van der Waals surface area contributed by atoms with Gasteiger partial charge in [0.05, 0.1) is 18.4 Å². The molecule has 0 saturated heterocycles. The molecule has 3 atom stereocenters. The zero-order chi connectivity index (χ0) is 17.4. The lowest BCUT2D eigenvalue weighted by atomic mass is 10.1. The minimum atomic E-state index is -0.503. The smallest absolute Gasteiger partial charge is 0.310 e. The first kappa shape index (κ1) is 17.0. The zero-order valence-corrected chi connectivity index (χ0v) is 14.0. The van der Waals surface area contributed by atoms with Gasteiger partial charge in [0.15, 0.2) is 5.78 Å². The number of hydrogen-bond acceptors (Lipinski definition) is 4. The van der Waals surface area contributed by atoms with Crippen LogP contribution in [0.4, 0.5) is 0 Å². The summed E-state index contributed by atoms with van der Waals surface area (Å²) in [6.45, 7) is 7.49. The molecule has 1 fully saturated rings. The highest BCUT2D eigenvalue weighted by Gasteiger charge is 2.62. The Hall–Kier alpha value is -2.33. The first-order valence-electron chi connectivity index (χ1n) is 7.69. The van der Waals surface area contributed by atoms with Crippen molar-refractivity contribution in [3.63, 3.8) is 0 Å². The standard InChI is InChI=1S/C19H21NO3/c1-6-7-13-12(3)16(9-15(13)21)23-18(22)17-14(19(17,4)5)8-11(2)10-20/h1,8,14,16-17H,7,9H2,2-5H3/b11-8-. The summed E-state index contributed by atoms with van der Waals surface area (Å²) in [5.74, 6) is 1.86. The summed E-state index contributed by atoms with van der Waals surface area (Å²) in [5, 5.41) is 8.89. The molecule has 23 heavy (non-hydrogen) atoms. The molecule has 4 nitrogen and oxygen atoms in total. The van der Waals surface area contributed by atoms with Crippen LogP contribution < -0.4 is 0 Å². The Kier molecular flexibility index (Phi) is 4.48. The molecule has 0 spiro atoms. The summed E-state index contributed by atoms with van der Waals surface area (Å²) in [6.07, 6.45) is 7.06. The van der Waals surface area contributed by atoms with Crippen LogP contribution in [0.1, 0.15) is 40.5 Å². The van der Waals surface area contributed by atoms with Crippen molar-refractivity contribution in [2.45, 2.75) is 46.6 Å². The van der Waals surface area contributed by atoms with Crippen LogP contribution in [-0.4, -0.2) is 17.9 Å². The van der Waals surface area contributed by atoms with E-state index in [1.54, 1.807) is 13.8 Å². The summed E-state index contributed by atoms with van der Waals surface area (Å²) in [5.41, 5.74) is 1.73. The van der Waals surface area contributed by atoms with Crippen LogP contribution in [0.15, 0.2) is 22.8 Å². The summed E-state index contributed by atoms with van der Waals surface area (Å²) in [7, 11) is 0. The number of nitrogens with zero attached hydrogens (tertiary/aromatic N) is 1. The fourth-order valence-electron chi connectivity index (χ4n) is 3.29. The SMILES string of the molecule is C#CCC1=C(C)C(OC(=O)C2C(/C=C(/C)C#N)C2(C)C)CC1=O. The van der Waals surface area contributed by atoms with Crippen molar-refractivity contribution in [2.75, 3.05) is 0 Å². The van der Waals surface area contributed by atoms with Gasteiger partial charge in [-0.1, -0.05) is 19.9 Å². The number of nitriles is 1. The molecule has 0 N–H and O–H groups in total. The average Bonchev–Trinajstić information content (AvgIpc) is 2.92. The van der Waals surface area contributed by atoms with Gasteiger partial charge in [-0.05, 0) is 30.8 Å². The van der Waals surface area contributed by atoms with E-state index in [1.165, 1.54) is 0 Å². The van der Waals surface area contributed by atoms with Crippen LogP contribution in [-0.2, 0) is 14.3 Å². The van der Waals surface area contributed by atoms with Gasteiger partial charge in [-0.2, -0.15) is 5.26 Å². The number of hydrogen-bond donors (Lipinski definition) is 0. The van der Waals surface area contributed by atoms with E-state index < -0.39 is 6.10 Å². The van der Waals surface area contributed by atoms with Crippen LogP contribution in [0.3, 0.4) is 0 Å². The van der Waals surface area contributed by atoms with E-state index >= 15 is 0 Å². The van der Waals surface area contributed by atoms with E-state index in [4.69, 9.17) is 16.4 Å². The molecule has 1 saturated carbocycles. The van der Waals surface area contributed by atoms with Gasteiger partial charge in [-0.3, -0.25) is 9.59 Å². The van der Waals surface area contributed by atoms with E-state index in [1.807, 2.05) is 19.9 Å². The molecule has 2 aliphatic rings. The summed E-state index contributed by atoms with van der Waals surface area (Å²) in [6, 6.07) is 2.08. The Bertz CT molecular complexity index is 697. The van der Waals surface area contributed by atoms with Crippen LogP contribution >= 0.6 is 0 Å².